The van der Waals surface area contributed by atoms with Crippen LogP contribution in [0.4, 0.5) is 34.8 Å². The molecule has 3 rings (SSSR count). The van der Waals surface area contributed by atoms with Crippen LogP contribution in [0.1, 0.15) is 51.3 Å². The van der Waals surface area contributed by atoms with Gasteiger partial charge in [-0.05, 0) is 44.0 Å². The van der Waals surface area contributed by atoms with Crippen LogP contribution in [0, 0.1) is 12.7 Å². The Hall–Kier alpha value is -3.17. The smallest absolute Gasteiger partial charge is 0.371 e. The molecule has 2 heterocycles. The summed E-state index contributed by atoms with van der Waals surface area (Å²) in [5.41, 5.74) is -0.326. The largest absolute Gasteiger partial charge is 0.416 e. The second-order valence-corrected chi connectivity index (χ2v) is 8.10. The Labute approximate surface area is 203 Å². The second kappa shape index (κ2) is 11.5. The van der Waals surface area contributed by atoms with Gasteiger partial charge in [0.15, 0.2) is 0 Å². The normalized spacial score (nSPS) is 15.5. The average molecular weight is 497 g/mol. The molecule has 192 valence electrons. The van der Waals surface area contributed by atoms with Crippen molar-refractivity contribution in [3.05, 3.63) is 47.4 Å². The number of aromatic nitrogens is 1. The van der Waals surface area contributed by atoms with Crippen LogP contribution in [-0.4, -0.2) is 43.5 Å². The Morgan fingerprint density at radius 3 is 2.46 bits per heavy atom. The number of carbonyl (C=O) groups excluding carboxylic acids is 2. The van der Waals surface area contributed by atoms with Gasteiger partial charge in [0.2, 0.25) is 11.8 Å². The van der Waals surface area contributed by atoms with E-state index in [0.717, 1.165) is 23.5 Å². The molecule has 0 radical (unpaired) electrons. The molecule has 1 saturated heterocycles. The van der Waals surface area contributed by atoms with E-state index in [9.17, 15) is 27.2 Å². The van der Waals surface area contributed by atoms with Crippen molar-refractivity contribution in [1.82, 2.24) is 4.98 Å². The summed E-state index contributed by atoms with van der Waals surface area (Å²) in [7, 11) is 3.18. The molecule has 35 heavy (non-hydrogen) atoms. The predicted octanol–water partition coefficient (Wildman–Crippen LogP) is 5.58. The van der Waals surface area contributed by atoms with Crippen LogP contribution < -0.4 is 14.7 Å². The Morgan fingerprint density at radius 1 is 1.20 bits per heavy atom. The average Bonchev–Trinajstić information content (AvgIpc) is 3.19. The summed E-state index contributed by atoms with van der Waals surface area (Å²) in [6.45, 7) is 7.89. The number of nitrogens with zero attached hydrogens (tertiary/aromatic N) is 4. The summed E-state index contributed by atoms with van der Waals surface area (Å²) in [5.74, 6) is -1.75. The van der Waals surface area contributed by atoms with Crippen LogP contribution >= 0.6 is 0 Å². The maximum Gasteiger partial charge on any atom is 0.416 e. The van der Waals surface area contributed by atoms with Gasteiger partial charge >= 0.3 is 6.18 Å². The van der Waals surface area contributed by atoms with Gasteiger partial charge < -0.3 is 9.80 Å². The minimum absolute atomic E-state index is 0.00698. The van der Waals surface area contributed by atoms with Crippen LogP contribution in [0.25, 0.3) is 0 Å². The lowest BCUT2D eigenvalue weighted by Crippen LogP contribution is -2.46. The molecular weight excluding hydrogens is 464 g/mol. The van der Waals surface area contributed by atoms with Gasteiger partial charge in [0.25, 0.3) is 0 Å². The first-order chi connectivity index (χ1) is 16.5. The van der Waals surface area contributed by atoms with Gasteiger partial charge in [-0.25, -0.2) is 9.37 Å². The van der Waals surface area contributed by atoms with E-state index < -0.39 is 35.4 Å². The summed E-state index contributed by atoms with van der Waals surface area (Å²) >= 11 is 0. The molecule has 10 heteroatoms. The van der Waals surface area contributed by atoms with Gasteiger partial charge in [-0.1, -0.05) is 26.8 Å². The summed E-state index contributed by atoms with van der Waals surface area (Å²) in [6.07, 6.45) is -3.75. The van der Waals surface area contributed by atoms with E-state index in [-0.39, 0.29) is 30.0 Å². The summed E-state index contributed by atoms with van der Waals surface area (Å²) in [5, 5.41) is 0. The number of carbonyl (C=O) groups is 2. The molecule has 1 atom stereocenters. The number of alkyl halides is 3. The lowest BCUT2D eigenvalue weighted by atomic mass is 10.1. The Kier molecular flexibility index (Phi) is 9.23. The van der Waals surface area contributed by atoms with E-state index in [2.05, 4.69) is 4.98 Å². The zero-order chi connectivity index (χ0) is 26.5. The Morgan fingerprint density at radius 2 is 1.86 bits per heavy atom. The SMILES string of the molecule is CC.CCCN(C)c1c(F)cccc1N(C)C(=O)C1CCC(=O)N1c1cc(C(F)(F)F)cc(C)n1. The van der Waals surface area contributed by atoms with Crippen molar-refractivity contribution in [2.24, 2.45) is 0 Å². The van der Waals surface area contributed by atoms with Crippen LogP contribution in [0.5, 0.6) is 0 Å². The topological polar surface area (TPSA) is 56.8 Å². The van der Waals surface area contributed by atoms with Crippen molar-refractivity contribution >= 4 is 29.0 Å². The van der Waals surface area contributed by atoms with E-state index in [1.807, 2.05) is 20.8 Å². The molecule has 2 aromatic rings. The van der Waals surface area contributed by atoms with Crippen LogP contribution in [0.15, 0.2) is 30.3 Å². The molecular formula is C25H32F4N4O2. The molecule has 1 aliphatic heterocycles. The van der Waals surface area contributed by atoms with E-state index in [1.54, 1.807) is 18.0 Å². The molecule has 0 spiro atoms. The number of amides is 2. The van der Waals surface area contributed by atoms with E-state index in [1.165, 1.54) is 31.0 Å². The molecule has 1 unspecified atom stereocenters. The lowest BCUT2D eigenvalue weighted by molar-refractivity contribution is -0.137. The van der Waals surface area contributed by atoms with Crippen LogP contribution in [0.2, 0.25) is 0 Å². The number of para-hydroxylation sites is 1. The maximum absolute atomic E-state index is 14.7. The van der Waals surface area contributed by atoms with Gasteiger partial charge in [0.1, 0.15) is 17.7 Å². The van der Waals surface area contributed by atoms with E-state index in [4.69, 9.17) is 0 Å². The standard InChI is InChI=1S/C23H26F4N4O2.C2H6/c1-5-11-29(3)21-16(24)7-6-8-17(21)30(4)22(33)18-9-10-20(32)31(18)19-13-15(23(25,26)27)12-14(2)28-19;1-2/h6-8,12-13,18H,5,9-11H2,1-4H3;1-2H3. The number of rotatable bonds is 6. The molecule has 0 bridgehead atoms. The molecule has 1 aromatic heterocycles. The first kappa shape index (κ1) is 28.1. The first-order valence-electron chi connectivity index (χ1n) is 11.6. The second-order valence-electron chi connectivity index (χ2n) is 8.10. The van der Waals surface area contributed by atoms with Crippen molar-refractivity contribution in [3.8, 4) is 0 Å². The fraction of sp³-hybridized carbons (Fsp3) is 0.480. The highest BCUT2D eigenvalue weighted by Crippen LogP contribution is 2.36. The quantitative estimate of drug-likeness (QED) is 0.490. The van der Waals surface area contributed by atoms with E-state index in [0.29, 0.717) is 12.2 Å². The first-order valence-corrected chi connectivity index (χ1v) is 11.6. The highest BCUT2D eigenvalue weighted by Gasteiger charge is 2.41. The number of anilines is 3. The zero-order valence-corrected chi connectivity index (χ0v) is 20.9. The monoisotopic (exact) mass is 496 g/mol. The van der Waals surface area contributed by atoms with Crippen molar-refractivity contribution < 1.29 is 27.2 Å². The van der Waals surface area contributed by atoms with Crippen LogP contribution in [0.3, 0.4) is 0 Å². The molecule has 1 aromatic carbocycles. The Balaban J connectivity index is 0.00000210. The number of aryl methyl sites for hydroxylation is 1. The molecule has 0 aliphatic carbocycles. The van der Waals surface area contributed by atoms with Crippen LogP contribution in [-0.2, 0) is 15.8 Å². The third kappa shape index (κ3) is 6.10. The highest BCUT2D eigenvalue weighted by atomic mass is 19.4. The molecule has 1 fully saturated rings. The minimum atomic E-state index is -4.62. The van der Waals surface area contributed by atoms with Crippen molar-refractivity contribution in [3.63, 3.8) is 0 Å². The molecule has 2 amide bonds. The third-order valence-electron chi connectivity index (χ3n) is 5.61. The number of halogens is 4. The molecule has 0 N–H and O–H groups in total. The molecule has 0 saturated carbocycles. The van der Waals surface area contributed by atoms with Gasteiger partial charge in [-0.15, -0.1) is 0 Å². The summed E-state index contributed by atoms with van der Waals surface area (Å²) in [4.78, 5) is 34.1. The zero-order valence-electron chi connectivity index (χ0n) is 20.9. The summed E-state index contributed by atoms with van der Waals surface area (Å²) < 4.78 is 54.6. The van der Waals surface area contributed by atoms with Crippen molar-refractivity contribution in [1.29, 1.82) is 0 Å². The maximum atomic E-state index is 14.7. The number of hydrogen-bond donors (Lipinski definition) is 0. The van der Waals surface area contributed by atoms with Gasteiger partial charge in [0, 0.05) is 32.8 Å². The van der Waals surface area contributed by atoms with E-state index >= 15 is 0 Å². The lowest BCUT2D eigenvalue weighted by Gasteiger charge is -2.31. The van der Waals surface area contributed by atoms with Gasteiger partial charge in [0.05, 0.1) is 16.9 Å². The highest BCUT2D eigenvalue weighted by molar-refractivity contribution is 6.09. The fourth-order valence-electron chi connectivity index (χ4n) is 4.08. The number of hydrogen-bond acceptors (Lipinski definition) is 4. The van der Waals surface area contributed by atoms with Gasteiger partial charge in [-0.3, -0.25) is 14.5 Å². The number of pyridine rings is 1. The number of likely N-dealkylation sites (N-methyl/N-ethyl adjacent to an activating group) is 1. The number of benzene rings is 1. The predicted molar refractivity (Wildman–Crippen MR) is 129 cm³/mol. The summed E-state index contributed by atoms with van der Waals surface area (Å²) in [6, 6.07) is 4.98. The minimum Gasteiger partial charge on any atom is -0.371 e. The molecule has 1 aliphatic rings. The van der Waals surface area contributed by atoms with Crippen molar-refractivity contribution in [2.45, 2.75) is 59.2 Å². The Bertz CT molecular complexity index is 1060. The molecule has 6 nitrogen and oxygen atoms in total. The fourth-order valence-corrected chi connectivity index (χ4v) is 4.08. The van der Waals surface area contributed by atoms with Gasteiger partial charge in [-0.2, -0.15) is 13.2 Å². The van der Waals surface area contributed by atoms with Crippen molar-refractivity contribution in [2.75, 3.05) is 35.3 Å². The third-order valence-corrected chi connectivity index (χ3v) is 5.61.